The van der Waals surface area contributed by atoms with Crippen LogP contribution in [0.1, 0.15) is 11.4 Å². The summed E-state index contributed by atoms with van der Waals surface area (Å²) in [5.74, 6) is -0.177. The molecule has 4 nitrogen and oxygen atoms in total. The number of benzene rings is 1. The topological polar surface area (TPSA) is 39.4 Å². The van der Waals surface area contributed by atoms with Crippen LogP contribution in [0.3, 0.4) is 0 Å². The van der Waals surface area contributed by atoms with Gasteiger partial charge in [0.25, 0.3) is 0 Å². The summed E-state index contributed by atoms with van der Waals surface area (Å²) in [5, 5.41) is 4.37. The number of nitrogens with zero attached hydrogens (tertiary/aromatic N) is 3. The Labute approximate surface area is 115 Å². The normalized spacial score (nSPS) is 11.0. The number of fused-ring (bicyclic) bond motifs is 1. The summed E-state index contributed by atoms with van der Waals surface area (Å²) in [7, 11) is 1.45. The molecule has 0 fully saturated rings. The van der Waals surface area contributed by atoms with Crippen molar-refractivity contribution < 1.29 is 9.13 Å². The standard InChI is InChI=1S/C15H14FN3O/c1-9-7-12(19-14(17-9)8-10(2)18-19)11-5-4-6-13(20-3)15(11)16/h4-8H,1-3H3. The van der Waals surface area contributed by atoms with E-state index in [1.807, 2.05) is 26.0 Å². The molecule has 0 aliphatic rings. The average Bonchev–Trinajstić information content (AvgIpc) is 2.78. The first-order chi connectivity index (χ1) is 9.60. The SMILES string of the molecule is COc1cccc(-c2cc(C)nc3cc(C)nn23)c1F. The lowest BCUT2D eigenvalue weighted by Gasteiger charge is -2.09. The fraction of sp³-hybridized carbons (Fsp3) is 0.200. The summed E-state index contributed by atoms with van der Waals surface area (Å²) in [5.41, 5.74) is 3.47. The van der Waals surface area contributed by atoms with Gasteiger partial charge in [-0.1, -0.05) is 6.07 Å². The summed E-state index contributed by atoms with van der Waals surface area (Å²) in [4.78, 5) is 4.40. The van der Waals surface area contributed by atoms with Crippen LogP contribution in [0.5, 0.6) is 5.75 Å². The number of aromatic nitrogens is 3. The number of hydrogen-bond donors (Lipinski definition) is 0. The molecule has 0 saturated carbocycles. The lowest BCUT2D eigenvalue weighted by Crippen LogP contribution is -2.00. The molecule has 0 unspecified atom stereocenters. The lowest BCUT2D eigenvalue weighted by atomic mass is 10.1. The molecule has 102 valence electrons. The number of halogens is 1. The Hall–Kier alpha value is -2.43. The first-order valence-corrected chi connectivity index (χ1v) is 6.27. The Morgan fingerprint density at radius 1 is 1.15 bits per heavy atom. The van der Waals surface area contributed by atoms with Gasteiger partial charge in [0.15, 0.2) is 17.2 Å². The van der Waals surface area contributed by atoms with Crippen LogP contribution < -0.4 is 4.74 Å². The van der Waals surface area contributed by atoms with Crippen molar-refractivity contribution in [3.63, 3.8) is 0 Å². The quantitative estimate of drug-likeness (QED) is 0.718. The van der Waals surface area contributed by atoms with Gasteiger partial charge in [-0.25, -0.2) is 13.9 Å². The number of hydrogen-bond acceptors (Lipinski definition) is 3. The van der Waals surface area contributed by atoms with E-state index in [1.165, 1.54) is 7.11 Å². The zero-order valence-corrected chi connectivity index (χ0v) is 11.5. The Morgan fingerprint density at radius 3 is 2.70 bits per heavy atom. The fourth-order valence-corrected chi connectivity index (χ4v) is 2.27. The first-order valence-electron chi connectivity index (χ1n) is 6.27. The zero-order valence-electron chi connectivity index (χ0n) is 11.5. The van der Waals surface area contributed by atoms with Gasteiger partial charge < -0.3 is 4.74 Å². The number of aryl methyl sites for hydroxylation is 2. The number of ether oxygens (including phenoxy) is 1. The van der Waals surface area contributed by atoms with E-state index in [-0.39, 0.29) is 5.75 Å². The summed E-state index contributed by atoms with van der Waals surface area (Å²) in [6.07, 6.45) is 0. The molecule has 2 heterocycles. The molecule has 0 aliphatic carbocycles. The molecule has 0 amide bonds. The Balaban J connectivity index is 2.34. The van der Waals surface area contributed by atoms with Crippen LogP contribution in [0.25, 0.3) is 16.9 Å². The van der Waals surface area contributed by atoms with Crippen LogP contribution in [0.15, 0.2) is 30.3 Å². The molecule has 1 aromatic carbocycles. The van der Waals surface area contributed by atoms with Crippen LogP contribution >= 0.6 is 0 Å². The molecule has 0 bridgehead atoms. The van der Waals surface area contributed by atoms with Crippen molar-refractivity contribution >= 4 is 5.65 Å². The highest BCUT2D eigenvalue weighted by atomic mass is 19.1. The van der Waals surface area contributed by atoms with Gasteiger partial charge in [-0.2, -0.15) is 5.10 Å². The van der Waals surface area contributed by atoms with Crippen molar-refractivity contribution in [1.82, 2.24) is 14.6 Å². The van der Waals surface area contributed by atoms with Crippen LogP contribution in [0.4, 0.5) is 4.39 Å². The Kier molecular flexibility index (Phi) is 2.89. The molecule has 0 saturated heterocycles. The third kappa shape index (κ3) is 1.91. The summed E-state index contributed by atoms with van der Waals surface area (Å²) >= 11 is 0. The number of methoxy groups -OCH3 is 1. The third-order valence-corrected chi connectivity index (χ3v) is 3.14. The second-order valence-electron chi connectivity index (χ2n) is 4.66. The van der Waals surface area contributed by atoms with Crippen molar-refractivity contribution in [1.29, 1.82) is 0 Å². The maximum absolute atomic E-state index is 14.4. The van der Waals surface area contributed by atoms with Crippen LogP contribution in [-0.4, -0.2) is 21.7 Å². The van der Waals surface area contributed by atoms with E-state index < -0.39 is 5.82 Å². The van der Waals surface area contributed by atoms with Crippen LogP contribution in [0, 0.1) is 19.7 Å². The third-order valence-electron chi connectivity index (χ3n) is 3.14. The van der Waals surface area contributed by atoms with E-state index in [1.54, 1.807) is 22.7 Å². The van der Waals surface area contributed by atoms with Crippen molar-refractivity contribution in [2.24, 2.45) is 0 Å². The monoisotopic (exact) mass is 271 g/mol. The molecule has 0 N–H and O–H groups in total. The second-order valence-corrected chi connectivity index (χ2v) is 4.66. The highest BCUT2D eigenvalue weighted by Gasteiger charge is 2.15. The van der Waals surface area contributed by atoms with Gasteiger partial charge in [0, 0.05) is 17.3 Å². The van der Waals surface area contributed by atoms with Crippen molar-refractivity contribution in [3.05, 3.63) is 47.5 Å². The lowest BCUT2D eigenvalue weighted by molar-refractivity contribution is 0.387. The molecule has 0 spiro atoms. The molecule has 3 rings (SSSR count). The highest BCUT2D eigenvalue weighted by Crippen LogP contribution is 2.29. The zero-order chi connectivity index (χ0) is 14.3. The fourth-order valence-electron chi connectivity index (χ4n) is 2.27. The van der Waals surface area contributed by atoms with Crippen LogP contribution in [0.2, 0.25) is 0 Å². The molecule has 0 radical (unpaired) electrons. The van der Waals surface area contributed by atoms with Crippen LogP contribution in [-0.2, 0) is 0 Å². The van der Waals surface area contributed by atoms with E-state index >= 15 is 0 Å². The molecular formula is C15H14FN3O. The molecule has 2 aromatic heterocycles. The van der Waals surface area contributed by atoms with Crippen molar-refractivity contribution in [2.45, 2.75) is 13.8 Å². The highest BCUT2D eigenvalue weighted by molar-refractivity contribution is 5.66. The van der Waals surface area contributed by atoms with Gasteiger partial charge >= 0.3 is 0 Å². The largest absolute Gasteiger partial charge is 0.494 e. The molecule has 5 heteroatoms. The molecule has 0 aliphatic heterocycles. The van der Waals surface area contributed by atoms with E-state index in [0.717, 1.165) is 11.4 Å². The van der Waals surface area contributed by atoms with Gasteiger partial charge in [0.2, 0.25) is 0 Å². The average molecular weight is 271 g/mol. The number of rotatable bonds is 2. The van der Waals surface area contributed by atoms with E-state index in [0.29, 0.717) is 16.9 Å². The maximum Gasteiger partial charge on any atom is 0.174 e. The van der Waals surface area contributed by atoms with E-state index in [9.17, 15) is 4.39 Å². The van der Waals surface area contributed by atoms with E-state index in [4.69, 9.17) is 4.74 Å². The Bertz CT molecular complexity index is 795. The van der Waals surface area contributed by atoms with E-state index in [2.05, 4.69) is 10.1 Å². The van der Waals surface area contributed by atoms with Gasteiger partial charge in [0.1, 0.15) is 0 Å². The van der Waals surface area contributed by atoms with Crippen molar-refractivity contribution in [3.8, 4) is 17.0 Å². The smallest absolute Gasteiger partial charge is 0.174 e. The van der Waals surface area contributed by atoms with Crippen molar-refractivity contribution in [2.75, 3.05) is 7.11 Å². The minimum atomic E-state index is -0.393. The summed E-state index contributed by atoms with van der Waals surface area (Å²) < 4.78 is 21.1. The maximum atomic E-state index is 14.4. The van der Waals surface area contributed by atoms with Gasteiger partial charge in [-0.3, -0.25) is 0 Å². The first kappa shape index (κ1) is 12.6. The molecule has 3 aromatic rings. The predicted molar refractivity (Wildman–Crippen MR) is 74.4 cm³/mol. The van der Waals surface area contributed by atoms with Gasteiger partial charge in [-0.15, -0.1) is 0 Å². The Morgan fingerprint density at radius 2 is 1.95 bits per heavy atom. The molecule has 20 heavy (non-hydrogen) atoms. The second kappa shape index (κ2) is 4.59. The molecule has 0 atom stereocenters. The molecular weight excluding hydrogens is 257 g/mol. The summed E-state index contributed by atoms with van der Waals surface area (Å²) in [6, 6.07) is 8.75. The van der Waals surface area contributed by atoms with Gasteiger partial charge in [-0.05, 0) is 32.0 Å². The predicted octanol–water partition coefficient (Wildman–Crippen LogP) is 3.16. The summed E-state index contributed by atoms with van der Waals surface area (Å²) in [6.45, 7) is 3.76. The van der Waals surface area contributed by atoms with Gasteiger partial charge in [0.05, 0.1) is 18.5 Å². The minimum Gasteiger partial charge on any atom is -0.494 e. The minimum absolute atomic E-state index is 0.217.